The van der Waals surface area contributed by atoms with Gasteiger partial charge in [0.1, 0.15) is 46.0 Å². The molecule has 0 saturated carbocycles. The minimum absolute atomic E-state index is 0. The van der Waals surface area contributed by atoms with E-state index in [4.69, 9.17) is 18.9 Å². The minimum atomic E-state index is -0.189. The Morgan fingerprint density at radius 3 is 0.648 bits per heavy atom. The molecule has 0 radical (unpaired) electrons. The number of nitrogens with zero attached hydrogens (tertiary/aromatic N) is 1. The van der Waals surface area contributed by atoms with E-state index >= 15 is 0 Å². The summed E-state index contributed by atoms with van der Waals surface area (Å²) in [7, 11) is 0. The zero-order valence-corrected chi connectivity index (χ0v) is 74.2. The average molecular weight is 1720 g/mol. The minimum Gasteiger partial charge on any atom is -0.456 e. The van der Waals surface area contributed by atoms with Crippen LogP contribution in [-0.4, -0.2) is 0 Å². The summed E-state index contributed by atoms with van der Waals surface area (Å²) in [6, 6.07) is 151. The summed E-state index contributed by atoms with van der Waals surface area (Å²) >= 11 is 3.46. The van der Waals surface area contributed by atoms with E-state index in [9.17, 15) is 0 Å². The summed E-state index contributed by atoms with van der Waals surface area (Å²) in [6.07, 6.45) is 0.869. The zero-order chi connectivity index (χ0) is 86.5. The molecule has 0 saturated heterocycles. The van der Waals surface area contributed by atoms with Gasteiger partial charge in [-0.15, -0.1) is 0 Å². The van der Waals surface area contributed by atoms with Crippen molar-refractivity contribution in [1.29, 1.82) is 0 Å². The Balaban J connectivity index is 0.000000142. The first-order valence-electron chi connectivity index (χ1n) is 43.9. The highest BCUT2D eigenvalue weighted by Gasteiger charge is 2.40. The van der Waals surface area contributed by atoms with E-state index in [0.717, 1.165) is 107 Å². The Bertz CT molecular complexity index is 6780. The highest BCUT2D eigenvalue weighted by atomic mass is 79.9. The highest BCUT2D eigenvalue weighted by molar-refractivity contribution is 9.10. The number of hydrogen-bond donors (Lipinski definition) is 0. The molecule has 128 heavy (non-hydrogen) atoms. The fourth-order valence-electron chi connectivity index (χ4n) is 19.1. The number of para-hydroxylation sites is 8. The lowest BCUT2D eigenvalue weighted by Gasteiger charge is -2.35. The molecule has 0 N–H and O–H groups in total. The van der Waals surface area contributed by atoms with E-state index in [1.807, 2.05) is 30.3 Å². The van der Waals surface area contributed by atoms with Crippen molar-refractivity contribution in [2.24, 2.45) is 0 Å². The smallest absolute Gasteiger partial charge is 0.139 e. The Morgan fingerprint density at radius 1 is 0.195 bits per heavy atom. The molecule has 4 heterocycles. The third kappa shape index (κ3) is 15.8. The number of hydrogen-bond acceptors (Lipinski definition) is 5. The molecule has 0 amide bonds. The van der Waals surface area contributed by atoms with E-state index in [1.54, 1.807) is 0 Å². The van der Waals surface area contributed by atoms with Crippen molar-refractivity contribution in [1.82, 2.24) is 0 Å². The number of ether oxygens (including phenoxy) is 4. The molecule has 5 nitrogen and oxygen atoms in total. The normalized spacial score (nSPS) is 13.7. The van der Waals surface area contributed by atoms with Crippen LogP contribution in [0.2, 0.25) is 0 Å². The van der Waals surface area contributed by atoms with Gasteiger partial charge in [0.15, 0.2) is 0 Å². The van der Waals surface area contributed by atoms with Crippen LogP contribution in [0.4, 0.5) is 17.1 Å². The predicted molar refractivity (Wildman–Crippen MR) is 536 cm³/mol. The molecule has 0 atom stereocenters. The van der Waals surface area contributed by atoms with Crippen LogP contribution in [0.5, 0.6) is 46.0 Å². The van der Waals surface area contributed by atoms with Crippen molar-refractivity contribution in [3.05, 3.63) is 485 Å². The topological polar surface area (TPSA) is 40.2 Å². The molecule has 18 aromatic carbocycles. The number of benzene rings is 18. The summed E-state index contributed by atoms with van der Waals surface area (Å²) < 4.78 is 27.5. The second-order valence-electron chi connectivity index (χ2n) is 35.6. The zero-order valence-electron chi connectivity index (χ0n) is 72.6. The van der Waals surface area contributed by atoms with Gasteiger partial charge in [-0.05, 0) is 157 Å². The maximum atomic E-state index is 6.68. The van der Waals surface area contributed by atoms with Crippen LogP contribution in [-0.2, 0) is 28.1 Å². The van der Waals surface area contributed by atoms with Crippen molar-refractivity contribution in [3.63, 3.8) is 0 Å². The van der Waals surface area contributed by atoms with Crippen molar-refractivity contribution in [2.45, 2.75) is 90.9 Å². The van der Waals surface area contributed by atoms with Crippen molar-refractivity contribution < 1.29 is 18.9 Å². The lowest BCUT2D eigenvalue weighted by molar-refractivity contribution is 0.419. The van der Waals surface area contributed by atoms with Gasteiger partial charge in [0, 0.05) is 110 Å². The predicted octanol–water partition coefficient (Wildman–Crippen LogP) is 34.6. The van der Waals surface area contributed by atoms with Gasteiger partial charge in [-0.2, -0.15) is 0 Å². The van der Waals surface area contributed by atoms with E-state index in [0.29, 0.717) is 0 Å². The summed E-state index contributed by atoms with van der Waals surface area (Å²) in [4.78, 5) is 2.34. The third-order valence-corrected chi connectivity index (χ3v) is 26.8. The fourth-order valence-corrected chi connectivity index (χ4v) is 19.3. The molecule has 0 aromatic heterocycles. The molecular formula is C122H100BrNO4. The van der Waals surface area contributed by atoms with Gasteiger partial charge in [-0.3, -0.25) is 0 Å². The summed E-state index contributed by atoms with van der Waals surface area (Å²) in [5.74, 6) is 7.49. The summed E-state index contributed by atoms with van der Waals surface area (Å²) in [5, 5.41) is 0. The SMILES string of the molecule is Brc1ccc(-c2ccc(-c3ccccc3)cc2)cc1.C.CC1(C)c2ccccc2Oc2c(-c3ccc(Cc4ccc(-c5cccc6c5Oc5ccccc5C6(C)C)cc4)cc3)cccc21.CC1(C)c2ccccc2Oc2c(-c3ccc(N(c4ccc(-c5ccc(-c6ccccc6)cc5)cc4)c4ccc(-c5cccc6c5Oc5ccccc5C6(C)C)cc4)cc3)cccc21. The van der Waals surface area contributed by atoms with E-state index in [-0.39, 0.29) is 29.1 Å². The largest absolute Gasteiger partial charge is 0.456 e. The van der Waals surface area contributed by atoms with E-state index in [1.165, 1.54) is 111 Å². The molecular weight excluding hydrogens is 1620 g/mol. The standard InChI is InChI=1S/C60H47NO2.C43H36O2.C18H13Br.CH4/c1-59(2)51-18-8-10-22-55(51)62-57-49(16-12-20-53(57)59)44-30-36-47(37-31-44)61(46-34-28-43(29-35-46)42-26-24-41(25-27-42)40-14-6-5-7-15-40)48-38-32-45(33-39-48)50-17-13-21-54-58(50)63-56-23-11-9-19-52(56)60(54,3)4;1-42(2)34-13-5-7-17-38(34)44-40-32(11-9-15-36(40)42)30-23-19-28(20-24-30)27-29-21-25-31(26-22-29)33-12-10-16-37-41(33)45-39-18-8-6-14-35(39)43(37,3)4;19-18-12-10-17(11-13-18)16-8-6-15(7-9-16)14-4-2-1-3-5-14;/h5-39H,1-4H3;5-26H,27H2,1-4H3;1-13H;1H4. The molecule has 0 aliphatic carbocycles. The van der Waals surface area contributed by atoms with Crippen LogP contribution >= 0.6 is 15.9 Å². The highest BCUT2D eigenvalue weighted by Crippen LogP contribution is 2.57. The lowest BCUT2D eigenvalue weighted by atomic mass is 9.75. The third-order valence-electron chi connectivity index (χ3n) is 26.3. The second kappa shape index (κ2) is 34.4. The van der Waals surface area contributed by atoms with Gasteiger partial charge >= 0.3 is 0 Å². The first kappa shape index (κ1) is 83.0. The Kier molecular flexibility index (Phi) is 22.3. The fraction of sp³-hybridized carbons (Fsp3) is 0.115. The number of fused-ring (bicyclic) bond motifs is 8. The Labute approximate surface area is 762 Å². The molecule has 624 valence electrons. The van der Waals surface area contributed by atoms with Gasteiger partial charge in [-0.1, -0.05) is 431 Å². The summed E-state index contributed by atoms with van der Waals surface area (Å²) in [6.45, 7) is 18.3. The van der Waals surface area contributed by atoms with Gasteiger partial charge in [0.2, 0.25) is 0 Å². The van der Waals surface area contributed by atoms with Crippen molar-refractivity contribution in [2.75, 3.05) is 4.90 Å². The van der Waals surface area contributed by atoms with Crippen molar-refractivity contribution >= 4 is 33.0 Å². The molecule has 18 aromatic rings. The maximum Gasteiger partial charge on any atom is 0.139 e. The summed E-state index contributed by atoms with van der Waals surface area (Å²) in [5.41, 5.74) is 33.5. The molecule has 6 heteroatoms. The van der Waals surface area contributed by atoms with Gasteiger partial charge in [-0.25, -0.2) is 0 Å². The molecule has 0 bridgehead atoms. The molecule has 4 aliphatic heterocycles. The average Bonchev–Trinajstić information content (AvgIpc) is 0.751. The van der Waals surface area contributed by atoms with Gasteiger partial charge < -0.3 is 23.8 Å². The van der Waals surface area contributed by atoms with Crippen molar-refractivity contribution in [3.8, 4) is 135 Å². The van der Waals surface area contributed by atoms with Crippen LogP contribution in [0.3, 0.4) is 0 Å². The molecule has 0 fully saturated rings. The van der Waals surface area contributed by atoms with Gasteiger partial charge in [0.05, 0.1) is 0 Å². The number of rotatable bonds is 13. The first-order valence-corrected chi connectivity index (χ1v) is 44.7. The van der Waals surface area contributed by atoms with Gasteiger partial charge in [0.25, 0.3) is 0 Å². The molecule has 0 spiro atoms. The Morgan fingerprint density at radius 2 is 0.391 bits per heavy atom. The van der Waals surface area contributed by atoms with Crippen LogP contribution < -0.4 is 23.8 Å². The second-order valence-corrected chi connectivity index (χ2v) is 36.5. The van der Waals surface area contributed by atoms with Crippen LogP contribution in [0.15, 0.2) is 429 Å². The monoisotopic (exact) mass is 1720 g/mol. The first-order chi connectivity index (χ1) is 61.9. The maximum absolute atomic E-state index is 6.68. The number of halogens is 1. The van der Waals surface area contributed by atoms with Crippen LogP contribution in [0.1, 0.15) is 118 Å². The molecule has 22 rings (SSSR count). The van der Waals surface area contributed by atoms with E-state index in [2.05, 4.69) is 471 Å². The Hall–Kier alpha value is -14.6. The van der Waals surface area contributed by atoms with E-state index < -0.39 is 0 Å². The molecule has 4 aliphatic rings. The van der Waals surface area contributed by atoms with Crippen LogP contribution in [0, 0.1) is 0 Å². The quantitative estimate of drug-likeness (QED) is 0.115. The molecule has 0 unspecified atom stereocenters. The van der Waals surface area contributed by atoms with Crippen LogP contribution in [0.25, 0.3) is 89.0 Å². The lowest BCUT2D eigenvalue weighted by Crippen LogP contribution is -2.24. The number of anilines is 3.